The molecule has 2 aromatic rings. The predicted molar refractivity (Wildman–Crippen MR) is 84.6 cm³/mol. The molecule has 0 amide bonds. The average molecular weight is 372 g/mol. The van der Waals surface area contributed by atoms with E-state index in [1.807, 2.05) is 17.5 Å². The first kappa shape index (κ1) is 16.1. The first-order chi connectivity index (χ1) is 10.1. The van der Waals surface area contributed by atoms with Gasteiger partial charge in [-0.3, -0.25) is 5.32 Å². The molecule has 1 unspecified atom stereocenters. The summed E-state index contributed by atoms with van der Waals surface area (Å²) in [5.74, 6) is -0.916. The SMILES string of the molecule is CCOC(=O)C(NCc1cccs1)c1cc(Br)ccc1F. The van der Waals surface area contributed by atoms with Gasteiger partial charge in [0.05, 0.1) is 6.61 Å². The van der Waals surface area contributed by atoms with E-state index in [2.05, 4.69) is 21.2 Å². The summed E-state index contributed by atoms with van der Waals surface area (Å²) in [6, 6.07) is 7.58. The fourth-order valence-corrected chi connectivity index (χ4v) is 2.93. The number of nitrogens with one attached hydrogen (secondary N) is 1. The zero-order chi connectivity index (χ0) is 15.2. The summed E-state index contributed by atoms with van der Waals surface area (Å²) < 4.78 is 19.8. The standard InChI is InChI=1S/C15H15BrFNO2S/c1-2-20-15(19)14(18-9-11-4-3-7-21-11)12-8-10(16)5-6-13(12)17/h3-8,14,18H,2,9H2,1H3. The fraction of sp³-hybridized carbons (Fsp3) is 0.267. The predicted octanol–water partition coefficient (Wildman–Crippen LogP) is 4.04. The van der Waals surface area contributed by atoms with Gasteiger partial charge in [0.15, 0.2) is 0 Å². The number of carbonyl (C=O) groups is 1. The van der Waals surface area contributed by atoms with Crippen molar-refractivity contribution in [2.24, 2.45) is 0 Å². The minimum absolute atomic E-state index is 0.256. The van der Waals surface area contributed by atoms with E-state index in [0.717, 1.165) is 4.88 Å². The smallest absolute Gasteiger partial charge is 0.327 e. The minimum Gasteiger partial charge on any atom is -0.465 e. The highest BCUT2D eigenvalue weighted by Crippen LogP contribution is 2.24. The average Bonchev–Trinajstić information content (AvgIpc) is 2.96. The van der Waals surface area contributed by atoms with Crippen LogP contribution in [0.15, 0.2) is 40.2 Å². The molecule has 1 heterocycles. The molecule has 0 aliphatic heterocycles. The molecule has 3 nitrogen and oxygen atoms in total. The molecule has 1 aromatic heterocycles. The second-order valence-corrected chi connectivity index (χ2v) is 6.26. The number of thiophene rings is 1. The Labute approximate surface area is 135 Å². The van der Waals surface area contributed by atoms with E-state index in [1.165, 1.54) is 6.07 Å². The number of ether oxygens (including phenoxy) is 1. The Morgan fingerprint density at radius 2 is 2.29 bits per heavy atom. The lowest BCUT2D eigenvalue weighted by molar-refractivity contribution is -0.146. The summed E-state index contributed by atoms with van der Waals surface area (Å²) in [7, 11) is 0. The van der Waals surface area contributed by atoms with Crippen LogP contribution < -0.4 is 5.32 Å². The van der Waals surface area contributed by atoms with Crippen LogP contribution in [0, 0.1) is 5.82 Å². The number of halogens is 2. The van der Waals surface area contributed by atoms with Gasteiger partial charge in [-0.1, -0.05) is 22.0 Å². The molecule has 2 rings (SSSR count). The molecule has 112 valence electrons. The molecule has 0 radical (unpaired) electrons. The third-order valence-corrected chi connectivity index (χ3v) is 4.22. The lowest BCUT2D eigenvalue weighted by atomic mass is 10.1. The van der Waals surface area contributed by atoms with Crippen LogP contribution in [0.3, 0.4) is 0 Å². The van der Waals surface area contributed by atoms with E-state index in [9.17, 15) is 9.18 Å². The zero-order valence-corrected chi connectivity index (χ0v) is 13.8. The summed E-state index contributed by atoms with van der Waals surface area (Å²) in [6.45, 7) is 2.46. The van der Waals surface area contributed by atoms with Crippen molar-refractivity contribution >= 4 is 33.2 Å². The fourth-order valence-electron chi connectivity index (χ4n) is 1.90. The molecular formula is C15H15BrFNO2S. The molecule has 0 fully saturated rings. The maximum Gasteiger partial charge on any atom is 0.327 e. The maximum atomic E-state index is 14.0. The van der Waals surface area contributed by atoms with E-state index < -0.39 is 17.8 Å². The zero-order valence-electron chi connectivity index (χ0n) is 11.4. The van der Waals surface area contributed by atoms with Crippen LogP contribution in [-0.4, -0.2) is 12.6 Å². The van der Waals surface area contributed by atoms with Gasteiger partial charge in [-0.15, -0.1) is 11.3 Å². The molecule has 0 saturated heterocycles. The van der Waals surface area contributed by atoms with Gasteiger partial charge in [0.2, 0.25) is 0 Å². The quantitative estimate of drug-likeness (QED) is 0.778. The lowest BCUT2D eigenvalue weighted by Gasteiger charge is -2.18. The number of carbonyl (C=O) groups excluding carboxylic acids is 1. The van der Waals surface area contributed by atoms with Crippen LogP contribution in [-0.2, 0) is 16.1 Å². The lowest BCUT2D eigenvalue weighted by Crippen LogP contribution is -2.30. The topological polar surface area (TPSA) is 38.3 Å². The van der Waals surface area contributed by atoms with Gasteiger partial charge in [0, 0.05) is 21.5 Å². The van der Waals surface area contributed by atoms with Crippen LogP contribution in [0.5, 0.6) is 0 Å². The summed E-state index contributed by atoms with van der Waals surface area (Å²) >= 11 is 4.87. The van der Waals surface area contributed by atoms with Gasteiger partial charge in [-0.05, 0) is 36.6 Å². The van der Waals surface area contributed by atoms with Crippen molar-refractivity contribution in [2.75, 3.05) is 6.61 Å². The van der Waals surface area contributed by atoms with Gasteiger partial charge in [-0.2, -0.15) is 0 Å². The van der Waals surface area contributed by atoms with Crippen molar-refractivity contribution in [1.29, 1.82) is 0 Å². The monoisotopic (exact) mass is 371 g/mol. The Bertz CT molecular complexity index is 604. The third-order valence-electron chi connectivity index (χ3n) is 2.85. The van der Waals surface area contributed by atoms with E-state index in [0.29, 0.717) is 11.0 Å². The van der Waals surface area contributed by atoms with Crippen molar-refractivity contribution < 1.29 is 13.9 Å². The minimum atomic E-state index is -0.829. The Hall–Kier alpha value is -1.24. The van der Waals surface area contributed by atoms with Crippen molar-refractivity contribution in [3.63, 3.8) is 0 Å². The van der Waals surface area contributed by atoms with Gasteiger partial charge in [0.25, 0.3) is 0 Å². The molecule has 0 spiro atoms. The summed E-state index contributed by atoms with van der Waals surface area (Å²) in [5.41, 5.74) is 0.277. The molecule has 0 aliphatic rings. The van der Waals surface area contributed by atoms with Gasteiger partial charge in [0.1, 0.15) is 11.9 Å². The van der Waals surface area contributed by atoms with Gasteiger partial charge >= 0.3 is 5.97 Å². The highest BCUT2D eigenvalue weighted by atomic mass is 79.9. The Balaban J connectivity index is 2.22. The molecular weight excluding hydrogens is 357 g/mol. The number of benzene rings is 1. The van der Waals surface area contributed by atoms with E-state index >= 15 is 0 Å². The molecule has 1 aromatic carbocycles. The van der Waals surface area contributed by atoms with Crippen molar-refractivity contribution in [2.45, 2.75) is 19.5 Å². The summed E-state index contributed by atoms with van der Waals surface area (Å²) in [4.78, 5) is 13.2. The second kappa shape index (κ2) is 7.68. The first-order valence-electron chi connectivity index (χ1n) is 6.49. The molecule has 6 heteroatoms. The van der Waals surface area contributed by atoms with Crippen molar-refractivity contribution in [3.05, 3.63) is 56.4 Å². The highest BCUT2D eigenvalue weighted by Gasteiger charge is 2.25. The number of hydrogen-bond acceptors (Lipinski definition) is 4. The van der Waals surface area contributed by atoms with Crippen LogP contribution >= 0.6 is 27.3 Å². The largest absolute Gasteiger partial charge is 0.465 e. The normalized spacial score (nSPS) is 12.1. The molecule has 1 N–H and O–H groups in total. The van der Waals surface area contributed by atoms with E-state index in [4.69, 9.17) is 4.74 Å². The Morgan fingerprint density at radius 1 is 1.48 bits per heavy atom. The van der Waals surface area contributed by atoms with Crippen molar-refractivity contribution in [1.82, 2.24) is 5.32 Å². The molecule has 0 saturated carbocycles. The molecule has 0 aliphatic carbocycles. The van der Waals surface area contributed by atoms with Crippen LogP contribution in [0.1, 0.15) is 23.4 Å². The molecule has 0 bridgehead atoms. The number of rotatable bonds is 6. The number of esters is 1. The van der Waals surface area contributed by atoms with Gasteiger partial charge < -0.3 is 4.74 Å². The van der Waals surface area contributed by atoms with Gasteiger partial charge in [-0.25, -0.2) is 9.18 Å². The molecule has 21 heavy (non-hydrogen) atoms. The number of hydrogen-bond donors (Lipinski definition) is 1. The Kier molecular flexibility index (Phi) is 5.90. The highest BCUT2D eigenvalue weighted by molar-refractivity contribution is 9.10. The van der Waals surface area contributed by atoms with E-state index in [-0.39, 0.29) is 12.2 Å². The van der Waals surface area contributed by atoms with Crippen LogP contribution in [0.4, 0.5) is 4.39 Å². The Morgan fingerprint density at radius 3 is 2.95 bits per heavy atom. The van der Waals surface area contributed by atoms with E-state index in [1.54, 1.807) is 30.4 Å². The van der Waals surface area contributed by atoms with Crippen LogP contribution in [0.25, 0.3) is 0 Å². The van der Waals surface area contributed by atoms with Crippen LogP contribution in [0.2, 0.25) is 0 Å². The third kappa shape index (κ3) is 4.36. The maximum absolute atomic E-state index is 14.0. The molecule has 1 atom stereocenters. The summed E-state index contributed by atoms with van der Waals surface area (Å²) in [6.07, 6.45) is 0. The second-order valence-electron chi connectivity index (χ2n) is 4.31. The van der Waals surface area contributed by atoms with Crippen molar-refractivity contribution in [3.8, 4) is 0 Å². The first-order valence-corrected chi connectivity index (χ1v) is 8.16. The summed E-state index contributed by atoms with van der Waals surface area (Å²) in [5, 5.41) is 5.02.